The molecular formula is C65H124O6. The third-order valence-corrected chi connectivity index (χ3v) is 16.0. The molecule has 6 heteroatoms. The minimum Gasteiger partial charge on any atom is -0.465 e. The summed E-state index contributed by atoms with van der Waals surface area (Å²) in [6, 6.07) is 0. The second-order valence-corrected chi connectivity index (χ2v) is 23.1. The van der Waals surface area contributed by atoms with Crippen LogP contribution in [0.3, 0.4) is 0 Å². The number of unbranched alkanes of at least 4 members (excludes halogenated alkanes) is 50. The first kappa shape index (κ1) is 67.6. The highest BCUT2D eigenvalue weighted by Crippen LogP contribution is 2.25. The van der Waals surface area contributed by atoms with E-state index in [4.69, 9.17) is 9.47 Å². The lowest BCUT2D eigenvalue weighted by molar-refractivity contribution is -0.155. The third-order valence-electron chi connectivity index (χ3n) is 16.0. The maximum Gasteiger partial charge on any atom is 0.309 e. The van der Waals surface area contributed by atoms with Crippen LogP contribution in [0.1, 0.15) is 354 Å². The first-order valence-corrected chi connectivity index (χ1v) is 32.3. The Balaban J connectivity index is 1.68. The van der Waals surface area contributed by atoms with Crippen molar-refractivity contribution in [2.24, 2.45) is 11.3 Å². The molecule has 1 fully saturated rings. The van der Waals surface area contributed by atoms with E-state index in [9.17, 15) is 19.8 Å². The molecule has 0 aliphatic carbocycles. The number of aliphatic hydroxyl groups excluding tert-OH is 2. The zero-order valence-corrected chi connectivity index (χ0v) is 47.8. The molecule has 1 heterocycles. The van der Waals surface area contributed by atoms with Crippen LogP contribution in [0.15, 0.2) is 12.2 Å². The van der Waals surface area contributed by atoms with Gasteiger partial charge < -0.3 is 19.7 Å². The van der Waals surface area contributed by atoms with Crippen LogP contribution in [-0.2, 0) is 19.1 Å². The van der Waals surface area contributed by atoms with Gasteiger partial charge in [-0.3, -0.25) is 9.59 Å². The molecule has 2 N–H and O–H groups in total. The SMILES string of the molecule is CCCCCCCCCCCCCCCCCCCCCCCCCCC/C=C/CCCCCCCCCCCCCCCCCCCCCCCCCCCC1CC(=O)OCC(CO)(CO)COC1=O. The van der Waals surface area contributed by atoms with Gasteiger partial charge in [-0.2, -0.15) is 0 Å². The molecule has 0 aromatic carbocycles. The third kappa shape index (κ3) is 46.8. The number of hydrogen-bond donors (Lipinski definition) is 2. The van der Waals surface area contributed by atoms with Crippen LogP contribution in [0.2, 0.25) is 0 Å². The lowest BCUT2D eigenvalue weighted by Crippen LogP contribution is -2.40. The Morgan fingerprint density at radius 2 is 0.606 bits per heavy atom. The largest absolute Gasteiger partial charge is 0.465 e. The summed E-state index contributed by atoms with van der Waals surface area (Å²) in [6.45, 7) is 1.21. The molecule has 0 radical (unpaired) electrons. The molecule has 1 unspecified atom stereocenters. The molecule has 0 aromatic rings. The minimum absolute atomic E-state index is 0.00450. The average molecular weight is 1000 g/mol. The Morgan fingerprint density at radius 1 is 0.366 bits per heavy atom. The standard InChI is InChI=1S/C65H124O6/c1-2-3-4-5-6-7-8-9-10-11-12-13-14-15-16-17-18-19-20-21-22-23-24-25-26-27-28-29-30-31-32-33-34-35-36-37-38-39-40-41-42-43-44-45-46-47-48-49-50-51-52-53-54-55-56-62-57-63(68)70-60-65(58-66,59-67)61-71-64(62)69/h28-29,62,66-67H,2-27,30-61H2,1H3/b29-28+. The number of ether oxygens (including phenoxy) is 2. The molecule has 0 saturated carbocycles. The lowest BCUT2D eigenvalue weighted by Gasteiger charge is -2.27. The summed E-state index contributed by atoms with van der Waals surface area (Å²) >= 11 is 0. The van der Waals surface area contributed by atoms with Crippen molar-refractivity contribution >= 4 is 11.9 Å². The molecule has 1 aliphatic rings. The van der Waals surface area contributed by atoms with E-state index in [2.05, 4.69) is 19.1 Å². The average Bonchev–Trinajstić information content (AvgIpc) is 3.44. The number of rotatable bonds is 56. The fourth-order valence-electron chi connectivity index (χ4n) is 10.8. The van der Waals surface area contributed by atoms with E-state index >= 15 is 0 Å². The molecule has 1 saturated heterocycles. The summed E-state index contributed by atoms with van der Waals surface area (Å²) in [4.78, 5) is 24.7. The Hall–Kier alpha value is -1.40. The van der Waals surface area contributed by atoms with Gasteiger partial charge in [0.2, 0.25) is 0 Å². The summed E-state index contributed by atoms with van der Waals surface area (Å²) < 4.78 is 10.6. The van der Waals surface area contributed by atoms with Crippen molar-refractivity contribution < 1.29 is 29.3 Å². The number of cyclic esters (lactones) is 2. The second kappa shape index (κ2) is 54.8. The Kier molecular flexibility index (Phi) is 52.2. The lowest BCUT2D eigenvalue weighted by atomic mass is 9.92. The minimum atomic E-state index is -1.12. The topological polar surface area (TPSA) is 93.1 Å². The molecule has 1 atom stereocenters. The Labute approximate surface area is 443 Å². The first-order chi connectivity index (χ1) is 35.1. The van der Waals surface area contributed by atoms with Crippen LogP contribution in [0.5, 0.6) is 0 Å². The molecule has 0 amide bonds. The van der Waals surface area contributed by atoms with E-state index in [1.54, 1.807) is 0 Å². The number of carbonyl (C=O) groups excluding carboxylic acids is 2. The van der Waals surface area contributed by atoms with Gasteiger partial charge in [-0.1, -0.05) is 327 Å². The number of hydrogen-bond acceptors (Lipinski definition) is 6. The van der Waals surface area contributed by atoms with Gasteiger partial charge in [-0.15, -0.1) is 0 Å². The van der Waals surface area contributed by atoms with E-state index < -0.39 is 36.5 Å². The predicted octanol–water partition coefficient (Wildman–Crippen LogP) is 20.3. The number of aliphatic hydroxyl groups is 2. The molecule has 1 aliphatic heterocycles. The first-order valence-electron chi connectivity index (χ1n) is 32.3. The van der Waals surface area contributed by atoms with Crippen LogP contribution in [0, 0.1) is 11.3 Å². The monoisotopic (exact) mass is 1000 g/mol. The van der Waals surface area contributed by atoms with Crippen molar-refractivity contribution in [2.45, 2.75) is 354 Å². The molecule has 6 nitrogen and oxygen atoms in total. The maximum atomic E-state index is 12.5. The summed E-state index contributed by atoms with van der Waals surface area (Å²) in [5.41, 5.74) is -1.12. The summed E-state index contributed by atoms with van der Waals surface area (Å²) in [7, 11) is 0. The normalized spacial score (nSPS) is 15.3. The summed E-state index contributed by atoms with van der Waals surface area (Å²) in [5, 5.41) is 19.2. The predicted molar refractivity (Wildman–Crippen MR) is 306 cm³/mol. The van der Waals surface area contributed by atoms with Crippen LogP contribution in [0.4, 0.5) is 0 Å². The van der Waals surface area contributed by atoms with E-state index in [0.29, 0.717) is 6.42 Å². The van der Waals surface area contributed by atoms with Gasteiger partial charge >= 0.3 is 11.9 Å². The highest BCUT2D eigenvalue weighted by atomic mass is 16.6. The molecule has 0 aromatic heterocycles. The summed E-state index contributed by atoms with van der Waals surface area (Å²) in [5.74, 6) is -1.40. The van der Waals surface area contributed by atoms with Crippen LogP contribution >= 0.6 is 0 Å². The van der Waals surface area contributed by atoms with Crippen molar-refractivity contribution in [2.75, 3.05) is 26.4 Å². The van der Waals surface area contributed by atoms with Gasteiger partial charge in [0, 0.05) is 0 Å². The van der Waals surface area contributed by atoms with Crippen molar-refractivity contribution in [3.05, 3.63) is 12.2 Å². The van der Waals surface area contributed by atoms with E-state index in [1.165, 1.54) is 315 Å². The number of carbonyl (C=O) groups is 2. The van der Waals surface area contributed by atoms with E-state index in [-0.39, 0.29) is 19.6 Å². The fraction of sp³-hybridized carbons (Fsp3) is 0.938. The zero-order valence-electron chi connectivity index (χ0n) is 47.8. The Bertz CT molecular complexity index is 1120. The van der Waals surface area contributed by atoms with Crippen LogP contribution in [-0.4, -0.2) is 48.6 Å². The van der Waals surface area contributed by atoms with Crippen molar-refractivity contribution in [3.63, 3.8) is 0 Å². The van der Waals surface area contributed by atoms with Gasteiger partial charge in [-0.25, -0.2) is 0 Å². The molecular weight excluding hydrogens is 877 g/mol. The molecule has 71 heavy (non-hydrogen) atoms. The van der Waals surface area contributed by atoms with Crippen LogP contribution < -0.4 is 0 Å². The van der Waals surface area contributed by atoms with Crippen molar-refractivity contribution in [3.8, 4) is 0 Å². The molecule has 0 spiro atoms. The number of allylic oxidation sites excluding steroid dienone is 2. The second-order valence-electron chi connectivity index (χ2n) is 23.1. The highest BCUT2D eigenvalue weighted by Gasteiger charge is 2.36. The highest BCUT2D eigenvalue weighted by molar-refractivity contribution is 5.80. The summed E-state index contributed by atoms with van der Waals surface area (Å²) in [6.07, 6.45) is 78.7. The smallest absolute Gasteiger partial charge is 0.309 e. The molecule has 420 valence electrons. The van der Waals surface area contributed by atoms with Gasteiger partial charge in [0.25, 0.3) is 0 Å². The zero-order chi connectivity index (χ0) is 51.1. The van der Waals surface area contributed by atoms with Gasteiger partial charge in [0.15, 0.2) is 0 Å². The maximum absolute atomic E-state index is 12.5. The quantitative estimate of drug-likeness (QED) is 0.0358. The van der Waals surface area contributed by atoms with Crippen molar-refractivity contribution in [1.82, 2.24) is 0 Å². The fourth-order valence-corrected chi connectivity index (χ4v) is 10.8. The Morgan fingerprint density at radius 3 is 0.873 bits per heavy atom. The van der Waals surface area contributed by atoms with Gasteiger partial charge in [-0.05, 0) is 32.1 Å². The molecule has 1 rings (SSSR count). The van der Waals surface area contributed by atoms with E-state index in [1.807, 2.05) is 0 Å². The number of esters is 2. The van der Waals surface area contributed by atoms with Crippen molar-refractivity contribution in [1.29, 1.82) is 0 Å². The van der Waals surface area contributed by atoms with E-state index in [0.717, 1.165) is 19.3 Å². The van der Waals surface area contributed by atoms with Gasteiger partial charge in [0.1, 0.15) is 13.2 Å². The van der Waals surface area contributed by atoms with Crippen LogP contribution in [0.25, 0.3) is 0 Å². The van der Waals surface area contributed by atoms with Gasteiger partial charge in [0.05, 0.1) is 31.0 Å². The molecule has 0 bridgehead atoms.